The topological polar surface area (TPSA) is 139 Å². The summed E-state index contributed by atoms with van der Waals surface area (Å²) in [4.78, 5) is 58.9. The number of carbonyl (C=O) groups excluding carboxylic acids is 4. The second-order valence-electron chi connectivity index (χ2n) is 14.1. The summed E-state index contributed by atoms with van der Waals surface area (Å²) >= 11 is 0. The van der Waals surface area contributed by atoms with Crippen LogP contribution in [0.1, 0.15) is 56.7 Å². The van der Waals surface area contributed by atoms with Crippen molar-refractivity contribution in [1.29, 1.82) is 0 Å². The summed E-state index contributed by atoms with van der Waals surface area (Å²) in [5.41, 5.74) is 3.73. The van der Waals surface area contributed by atoms with E-state index >= 15 is 0 Å². The monoisotopic (exact) mass is 761 g/mol. The molecule has 4 aromatic carbocycles. The highest BCUT2D eigenvalue weighted by atomic mass is 16.5. The van der Waals surface area contributed by atoms with E-state index in [1.165, 1.54) is 0 Å². The van der Waals surface area contributed by atoms with Gasteiger partial charge < -0.3 is 35.1 Å². The SMILES string of the molecule is CN1C(=O)CC[C@@H](C(=O)NCc2cccc(CN3CCOCC3)c2)NC(=O)c2ccccc2OCCCNC(=O)c2ccccc2OC[C@@H]1Cc1ccccc1. The quantitative estimate of drug-likeness (QED) is 0.253. The predicted octanol–water partition coefficient (Wildman–Crippen LogP) is 4.37. The van der Waals surface area contributed by atoms with Crippen molar-refractivity contribution in [2.75, 3.05) is 53.1 Å². The Morgan fingerprint density at radius 1 is 0.768 bits per heavy atom. The van der Waals surface area contributed by atoms with Gasteiger partial charge in [0.25, 0.3) is 11.8 Å². The lowest BCUT2D eigenvalue weighted by Gasteiger charge is -2.29. The Balaban J connectivity index is 1.22. The number of nitrogens with one attached hydrogen (secondary N) is 3. The van der Waals surface area contributed by atoms with Crippen molar-refractivity contribution in [2.24, 2.45) is 0 Å². The average Bonchev–Trinajstić information content (AvgIpc) is 3.23. The minimum absolute atomic E-state index is 0.0215. The zero-order valence-corrected chi connectivity index (χ0v) is 31.9. The third-order valence-electron chi connectivity index (χ3n) is 10.1. The second-order valence-corrected chi connectivity index (χ2v) is 14.1. The number of ether oxygens (including phenoxy) is 3. The van der Waals surface area contributed by atoms with E-state index < -0.39 is 23.9 Å². The first-order valence-electron chi connectivity index (χ1n) is 19.3. The van der Waals surface area contributed by atoms with Crippen LogP contribution in [0.15, 0.2) is 103 Å². The Morgan fingerprint density at radius 3 is 2.20 bits per heavy atom. The maximum atomic E-state index is 13.9. The minimum atomic E-state index is -1.01. The summed E-state index contributed by atoms with van der Waals surface area (Å²) in [5.74, 6) is -0.645. The minimum Gasteiger partial charge on any atom is -0.493 e. The Hall–Kier alpha value is -5.72. The van der Waals surface area contributed by atoms with Gasteiger partial charge in [0.1, 0.15) is 24.1 Å². The molecule has 0 spiro atoms. The van der Waals surface area contributed by atoms with Crippen molar-refractivity contribution in [3.05, 3.63) is 131 Å². The molecule has 0 aliphatic carbocycles. The van der Waals surface area contributed by atoms with E-state index in [9.17, 15) is 19.2 Å². The van der Waals surface area contributed by atoms with E-state index in [0.29, 0.717) is 49.7 Å². The van der Waals surface area contributed by atoms with E-state index in [1.807, 2.05) is 42.5 Å². The van der Waals surface area contributed by atoms with Gasteiger partial charge in [-0.1, -0.05) is 78.9 Å². The number of rotatable bonds is 7. The number of fused-ring (bicyclic) bond motifs is 2. The molecule has 12 nitrogen and oxygen atoms in total. The molecule has 4 amide bonds. The van der Waals surface area contributed by atoms with Gasteiger partial charge in [-0.05, 0) is 60.2 Å². The summed E-state index contributed by atoms with van der Waals surface area (Å²) in [7, 11) is 1.72. The molecule has 0 radical (unpaired) electrons. The smallest absolute Gasteiger partial charge is 0.255 e. The van der Waals surface area contributed by atoms with Crippen LogP contribution in [0.5, 0.6) is 11.5 Å². The molecule has 12 heteroatoms. The number of likely N-dealkylation sites (N-methyl/N-ethyl adjacent to an activating group) is 1. The summed E-state index contributed by atoms with van der Waals surface area (Å²) in [6.07, 6.45) is 1.02. The number of amides is 4. The first-order valence-corrected chi connectivity index (χ1v) is 19.3. The van der Waals surface area contributed by atoms with Crippen LogP contribution in [-0.2, 0) is 33.8 Å². The second kappa shape index (κ2) is 20.3. The number of benzene rings is 4. The van der Waals surface area contributed by atoms with Crippen LogP contribution in [0.2, 0.25) is 0 Å². The lowest BCUT2D eigenvalue weighted by Crippen LogP contribution is -2.48. The molecule has 2 aliphatic heterocycles. The summed E-state index contributed by atoms with van der Waals surface area (Å²) < 4.78 is 17.8. The molecule has 6 rings (SSSR count). The molecule has 3 N–H and O–H groups in total. The van der Waals surface area contributed by atoms with Gasteiger partial charge in [-0.2, -0.15) is 0 Å². The Morgan fingerprint density at radius 2 is 1.43 bits per heavy atom. The molecule has 1 saturated heterocycles. The van der Waals surface area contributed by atoms with E-state index in [4.69, 9.17) is 14.2 Å². The highest BCUT2D eigenvalue weighted by Gasteiger charge is 2.27. The van der Waals surface area contributed by atoms with Crippen LogP contribution in [0.3, 0.4) is 0 Å². The van der Waals surface area contributed by atoms with E-state index in [1.54, 1.807) is 60.5 Å². The molecule has 2 heterocycles. The van der Waals surface area contributed by atoms with Crippen LogP contribution in [0, 0.1) is 0 Å². The summed E-state index contributed by atoms with van der Waals surface area (Å²) in [6.45, 7) is 4.90. The molecule has 1 fully saturated rings. The zero-order chi connectivity index (χ0) is 39.1. The van der Waals surface area contributed by atoms with E-state index in [2.05, 4.69) is 33.0 Å². The number of nitrogens with zero attached hydrogens (tertiary/aromatic N) is 2. The first kappa shape index (κ1) is 40.0. The predicted molar refractivity (Wildman–Crippen MR) is 212 cm³/mol. The molecule has 56 heavy (non-hydrogen) atoms. The summed E-state index contributed by atoms with van der Waals surface area (Å²) in [6, 6.07) is 30.3. The average molecular weight is 762 g/mol. The zero-order valence-electron chi connectivity index (χ0n) is 31.9. The van der Waals surface area contributed by atoms with Gasteiger partial charge >= 0.3 is 0 Å². The van der Waals surface area contributed by atoms with Crippen molar-refractivity contribution >= 4 is 23.6 Å². The highest BCUT2D eigenvalue weighted by Crippen LogP contribution is 2.22. The lowest BCUT2D eigenvalue weighted by molar-refractivity contribution is -0.133. The molecule has 0 bridgehead atoms. The maximum absolute atomic E-state index is 13.9. The molecule has 0 saturated carbocycles. The van der Waals surface area contributed by atoms with Crippen molar-refractivity contribution in [1.82, 2.24) is 25.8 Å². The fraction of sp³-hybridized carbons (Fsp3) is 0.364. The lowest BCUT2D eigenvalue weighted by atomic mass is 10.0. The highest BCUT2D eigenvalue weighted by molar-refractivity contribution is 6.00. The maximum Gasteiger partial charge on any atom is 0.255 e. The van der Waals surface area contributed by atoms with Crippen LogP contribution >= 0.6 is 0 Å². The van der Waals surface area contributed by atoms with Crippen molar-refractivity contribution in [3.63, 3.8) is 0 Å². The van der Waals surface area contributed by atoms with Gasteiger partial charge in [0.05, 0.1) is 37.0 Å². The van der Waals surface area contributed by atoms with E-state index in [-0.39, 0.29) is 50.0 Å². The van der Waals surface area contributed by atoms with Crippen molar-refractivity contribution < 1.29 is 33.4 Å². The molecular formula is C44H51N5O7. The van der Waals surface area contributed by atoms with Crippen LogP contribution in [0.25, 0.3) is 0 Å². The standard InChI is InChI=1S/C44H51N5O7/c1-48-35(28-32-11-3-2-4-12-32)31-56-40-18-8-5-15-36(40)42(51)45-21-10-24-55-39-17-7-6-16-37(39)43(52)47-38(19-20-41(48)50)44(53)46-29-33-13-9-14-34(27-33)30-49-22-25-54-26-23-49/h2-9,11-18,27,35,38H,10,19-26,28-31H2,1H3,(H,45,51)(H,46,53)(H,47,52)/t35-,38-/m0/s1. The number of hydrogen-bond donors (Lipinski definition) is 3. The van der Waals surface area contributed by atoms with Crippen molar-refractivity contribution in [2.45, 2.75) is 50.9 Å². The number of para-hydroxylation sites is 2. The fourth-order valence-corrected chi connectivity index (χ4v) is 6.81. The largest absolute Gasteiger partial charge is 0.493 e. The molecule has 4 aromatic rings. The van der Waals surface area contributed by atoms with Gasteiger partial charge in [-0.25, -0.2) is 0 Å². The number of carbonyl (C=O) groups is 4. The molecular weight excluding hydrogens is 711 g/mol. The van der Waals surface area contributed by atoms with Gasteiger partial charge in [0.15, 0.2) is 0 Å². The van der Waals surface area contributed by atoms with Gasteiger partial charge in [0.2, 0.25) is 11.8 Å². The van der Waals surface area contributed by atoms with Gasteiger partial charge in [0, 0.05) is 46.2 Å². The Kier molecular flexibility index (Phi) is 14.5. The molecule has 0 unspecified atom stereocenters. The summed E-state index contributed by atoms with van der Waals surface area (Å²) in [5, 5.41) is 8.84. The van der Waals surface area contributed by atoms with Gasteiger partial charge in [-0.3, -0.25) is 24.1 Å². The van der Waals surface area contributed by atoms with Crippen molar-refractivity contribution in [3.8, 4) is 11.5 Å². The molecule has 0 aromatic heterocycles. The van der Waals surface area contributed by atoms with E-state index in [0.717, 1.165) is 36.3 Å². The molecule has 2 atom stereocenters. The third-order valence-corrected chi connectivity index (χ3v) is 10.1. The number of morpholine rings is 1. The normalized spacial score (nSPS) is 19.2. The van der Waals surface area contributed by atoms with Crippen LogP contribution in [0.4, 0.5) is 0 Å². The third kappa shape index (κ3) is 11.4. The molecule has 2 aliphatic rings. The van der Waals surface area contributed by atoms with Crippen LogP contribution in [-0.4, -0.2) is 98.6 Å². The number of hydrogen-bond acceptors (Lipinski definition) is 8. The Labute approximate surface area is 328 Å². The van der Waals surface area contributed by atoms with Gasteiger partial charge in [-0.15, -0.1) is 0 Å². The fourth-order valence-electron chi connectivity index (χ4n) is 6.81. The first-order chi connectivity index (χ1) is 27.3. The van der Waals surface area contributed by atoms with Crippen LogP contribution < -0.4 is 25.4 Å². The molecule has 294 valence electrons. The Bertz CT molecular complexity index is 1930.